The lowest BCUT2D eigenvalue weighted by molar-refractivity contribution is -0.123. The number of ether oxygens (including phenoxy) is 1. The number of hydrogen-bond acceptors (Lipinski definition) is 3. The van der Waals surface area contributed by atoms with E-state index in [0.29, 0.717) is 18.3 Å². The lowest BCUT2D eigenvalue weighted by atomic mass is 9.64. The van der Waals surface area contributed by atoms with Gasteiger partial charge in [0.15, 0.2) is 12.6 Å². The van der Waals surface area contributed by atoms with Gasteiger partial charge >= 0.3 is 0 Å². The number of nitrogens with one attached hydrogen (secondary N) is 3. The number of guanidine groups is 1. The second-order valence-electron chi connectivity index (χ2n) is 8.83. The Hall–Kier alpha value is -3.02. The summed E-state index contributed by atoms with van der Waals surface area (Å²) in [6.45, 7) is 4.36. The Labute approximate surface area is 190 Å². The lowest BCUT2D eigenvalue weighted by Gasteiger charge is -2.43. The summed E-state index contributed by atoms with van der Waals surface area (Å²) in [6.07, 6.45) is 5.84. The molecule has 2 aliphatic rings. The molecule has 0 heterocycles. The molecule has 2 aromatic rings. The molecule has 2 fully saturated rings. The molecule has 0 aliphatic heterocycles. The van der Waals surface area contributed by atoms with Crippen LogP contribution in [0, 0.1) is 0 Å². The molecule has 2 aliphatic carbocycles. The van der Waals surface area contributed by atoms with E-state index in [0.717, 1.165) is 37.5 Å². The highest BCUT2D eigenvalue weighted by Gasteiger charge is 2.38. The number of amides is 1. The summed E-state index contributed by atoms with van der Waals surface area (Å²) in [5.41, 5.74) is 2.65. The van der Waals surface area contributed by atoms with Crippen LogP contribution in [0.15, 0.2) is 59.6 Å². The smallest absolute Gasteiger partial charge is 0.258 e. The van der Waals surface area contributed by atoms with Crippen LogP contribution in [0.1, 0.15) is 50.2 Å². The Bertz CT molecular complexity index is 920. The van der Waals surface area contributed by atoms with E-state index in [1.165, 1.54) is 24.8 Å². The second kappa shape index (κ2) is 10.5. The van der Waals surface area contributed by atoms with Crippen molar-refractivity contribution in [2.75, 3.05) is 19.7 Å². The molecule has 170 valence electrons. The minimum absolute atomic E-state index is 0.0506. The molecule has 0 unspecified atom stereocenters. The van der Waals surface area contributed by atoms with E-state index in [2.05, 4.69) is 53.2 Å². The van der Waals surface area contributed by atoms with Crippen LogP contribution in [0.2, 0.25) is 0 Å². The third-order valence-corrected chi connectivity index (χ3v) is 6.27. The molecule has 6 nitrogen and oxygen atoms in total. The number of carbonyl (C=O) groups is 1. The van der Waals surface area contributed by atoms with Crippen LogP contribution >= 0.6 is 0 Å². The topological polar surface area (TPSA) is 74.8 Å². The average Bonchev–Trinajstić information content (AvgIpc) is 3.60. The number of aliphatic imine (C=N–C) groups is 1. The van der Waals surface area contributed by atoms with Crippen molar-refractivity contribution in [1.82, 2.24) is 16.0 Å². The fourth-order valence-electron chi connectivity index (χ4n) is 4.11. The number of rotatable bonds is 10. The second-order valence-corrected chi connectivity index (χ2v) is 8.83. The Morgan fingerprint density at radius 3 is 2.59 bits per heavy atom. The maximum absolute atomic E-state index is 11.8. The highest BCUT2D eigenvalue weighted by molar-refractivity contribution is 5.80. The van der Waals surface area contributed by atoms with Crippen molar-refractivity contribution in [3.8, 4) is 5.75 Å². The maximum atomic E-state index is 11.8. The van der Waals surface area contributed by atoms with Gasteiger partial charge in [-0.2, -0.15) is 0 Å². The van der Waals surface area contributed by atoms with E-state index in [1.54, 1.807) is 0 Å². The van der Waals surface area contributed by atoms with Gasteiger partial charge in [-0.3, -0.25) is 4.79 Å². The average molecular weight is 435 g/mol. The van der Waals surface area contributed by atoms with Crippen molar-refractivity contribution in [2.45, 2.75) is 57.0 Å². The molecule has 0 bridgehead atoms. The molecule has 1 amide bonds. The first-order valence-electron chi connectivity index (χ1n) is 11.8. The van der Waals surface area contributed by atoms with Gasteiger partial charge in [-0.05, 0) is 55.9 Å². The molecule has 0 atom stereocenters. The minimum atomic E-state index is -0.0575. The standard InChI is InChI=1S/C26H34N4O2/c1-2-27-25(29-19-26(14-7-15-26)21-9-4-3-5-10-21)28-17-20-8-6-11-23(16-20)32-18-24(31)30-22-12-13-22/h3-6,8-11,16,22H,2,7,12-15,17-19H2,1H3,(H,30,31)(H2,27,28,29). The molecule has 3 N–H and O–H groups in total. The third-order valence-electron chi connectivity index (χ3n) is 6.27. The first kappa shape index (κ1) is 22.2. The van der Waals surface area contributed by atoms with E-state index in [-0.39, 0.29) is 17.9 Å². The SMILES string of the molecule is CCNC(=NCc1cccc(OCC(=O)NC2CC2)c1)NCC1(c2ccccc2)CCC1. The summed E-state index contributed by atoms with van der Waals surface area (Å²) in [5, 5.41) is 9.86. The molecule has 2 aromatic carbocycles. The largest absolute Gasteiger partial charge is 0.484 e. The first-order valence-corrected chi connectivity index (χ1v) is 11.8. The summed E-state index contributed by atoms with van der Waals surface area (Å²) in [5.74, 6) is 1.46. The van der Waals surface area contributed by atoms with Crippen molar-refractivity contribution in [2.24, 2.45) is 4.99 Å². The minimum Gasteiger partial charge on any atom is -0.484 e. The summed E-state index contributed by atoms with van der Waals surface area (Å²) in [4.78, 5) is 16.6. The van der Waals surface area contributed by atoms with Gasteiger partial charge in [0, 0.05) is 24.5 Å². The summed E-state index contributed by atoms with van der Waals surface area (Å²) in [7, 11) is 0. The molecular weight excluding hydrogens is 400 g/mol. The van der Waals surface area contributed by atoms with Crippen LogP contribution in [-0.2, 0) is 16.8 Å². The van der Waals surface area contributed by atoms with Gasteiger partial charge in [0.1, 0.15) is 5.75 Å². The van der Waals surface area contributed by atoms with E-state index in [4.69, 9.17) is 9.73 Å². The van der Waals surface area contributed by atoms with Gasteiger partial charge in [-0.1, -0.05) is 48.9 Å². The van der Waals surface area contributed by atoms with Crippen LogP contribution in [0.25, 0.3) is 0 Å². The van der Waals surface area contributed by atoms with Gasteiger partial charge < -0.3 is 20.7 Å². The maximum Gasteiger partial charge on any atom is 0.258 e. The summed E-state index contributed by atoms with van der Waals surface area (Å²) >= 11 is 0. The van der Waals surface area contributed by atoms with Crippen LogP contribution in [0.4, 0.5) is 0 Å². The van der Waals surface area contributed by atoms with Crippen molar-refractivity contribution in [1.29, 1.82) is 0 Å². The number of hydrogen-bond donors (Lipinski definition) is 3. The van der Waals surface area contributed by atoms with E-state index in [9.17, 15) is 4.79 Å². The summed E-state index contributed by atoms with van der Waals surface area (Å²) in [6, 6.07) is 19.0. The first-order chi connectivity index (χ1) is 15.7. The van der Waals surface area contributed by atoms with Crippen LogP contribution in [0.3, 0.4) is 0 Å². The van der Waals surface area contributed by atoms with Gasteiger partial charge in [-0.25, -0.2) is 4.99 Å². The summed E-state index contributed by atoms with van der Waals surface area (Å²) < 4.78 is 5.66. The van der Waals surface area contributed by atoms with Gasteiger partial charge in [0.2, 0.25) is 0 Å². The number of carbonyl (C=O) groups excluding carboxylic acids is 1. The van der Waals surface area contributed by atoms with Crippen molar-refractivity contribution >= 4 is 11.9 Å². The molecule has 0 saturated heterocycles. The third kappa shape index (κ3) is 6.02. The Kier molecular flexibility index (Phi) is 7.30. The number of nitrogens with zero attached hydrogens (tertiary/aromatic N) is 1. The number of benzene rings is 2. The lowest BCUT2D eigenvalue weighted by Crippen LogP contribution is -2.48. The van der Waals surface area contributed by atoms with Gasteiger partial charge in [-0.15, -0.1) is 0 Å². The zero-order valence-electron chi connectivity index (χ0n) is 18.9. The Morgan fingerprint density at radius 2 is 1.91 bits per heavy atom. The zero-order chi connectivity index (χ0) is 22.2. The molecule has 32 heavy (non-hydrogen) atoms. The van der Waals surface area contributed by atoms with Gasteiger partial charge in [0.05, 0.1) is 6.54 Å². The van der Waals surface area contributed by atoms with Crippen LogP contribution in [-0.4, -0.2) is 37.6 Å². The van der Waals surface area contributed by atoms with Gasteiger partial charge in [0.25, 0.3) is 5.91 Å². The fourth-order valence-corrected chi connectivity index (χ4v) is 4.11. The highest BCUT2D eigenvalue weighted by Crippen LogP contribution is 2.43. The van der Waals surface area contributed by atoms with E-state index in [1.807, 2.05) is 24.3 Å². The molecule has 0 aromatic heterocycles. The Balaban J connectivity index is 1.33. The van der Waals surface area contributed by atoms with E-state index >= 15 is 0 Å². The Morgan fingerprint density at radius 1 is 1.09 bits per heavy atom. The van der Waals surface area contributed by atoms with E-state index < -0.39 is 0 Å². The van der Waals surface area contributed by atoms with Crippen LogP contribution in [0.5, 0.6) is 5.75 Å². The molecule has 4 rings (SSSR count). The van der Waals surface area contributed by atoms with Crippen molar-refractivity contribution in [3.63, 3.8) is 0 Å². The zero-order valence-corrected chi connectivity index (χ0v) is 18.9. The van der Waals surface area contributed by atoms with Crippen LogP contribution < -0.4 is 20.7 Å². The molecule has 6 heteroatoms. The highest BCUT2D eigenvalue weighted by atomic mass is 16.5. The fraction of sp³-hybridized carbons (Fsp3) is 0.462. The molecule has 0 spiro atoms. The monoisotopic (exact) mass is 434 g/mol. The molecular formula is C26H34N4O2. The quantitative estimate of drug-likeness (QED) is 0.395. The molecule has 2 saturated carbocycles. The van der Waals surface area contributed by atoms with Crippen molar-refractivity contribution < 1.29 is 9.53 Å². The molecule has 0 radical (unpaired) electrons. The predicted octanol–water partition coefficient (Wildman–Crippen LogP) is 3.52. The van der Waals surface area contributed by atoms with Crippen molar-refractivity contribution in [3.05, 3.63) is 65.7 Å². The normalized spacial score (nSPS) is 17.2. The predicted molar refractivity (Wildman–Crippen MR) is 128 cm³/mol.